The highest BCUT2D eigenvalue weighted by molar-refractivity contribution is 7.89. The minimum absolute atomic E-state index is 0.456. The molecular weight excluding hydrogens is 274 g/mol. The van der Waals surface area contributed by atoms with Crippen LogP contribution < -0.4 is 4.74 Å². The van der Waals surface area contributed by atoms with Gasteiger partial charge in [0.05, 0.1) is 12.0 Å². The number of methoxy groups -OCH3 is 1. The van der Waals surface area contributed by atoms with Crippen LogP contribution in [0.1, 0.15) is 36.0 Å². The van der Waals surface area contributed by atoms with Gasteiger partial charge in [-0.05, 0) is 56.4 Å². The number of ether oxygens (including phenoxy) is 1. The summed E-state index contributed by atoms with van der Waals surface area (Å²) in [6.07, 6.45) is 3.02. The monoisotopic (exact) mass is 297 g/mol. The molecule has 0 bridgehead atoms. The Bertz CT molecular complexity index is 602. The Labute approximate surface area is 121 Å². The topological polar surface area (TPSA) is 46.6 Å². The van der Waals surface area contributed by atoms with Crippen molar-refractivity contribution < 1.29 is 13.2 Å². The number of benzene rings is 1. The predicted octanol–water partition coefficient (Wildman–Crippen LogP) is 2.80. The van der Waals surface area contributed by atoms with E-state index in [1.165, 1.54) is 0 Å². The van der Waals surface area contributed by atoms with Crippen molar-refractivity contribution in [2.24, 2.45) is 0 Å². The van der Waals surface area contributed by atoms with E-state index in [0.29, 0.717) is 18.0 Å². The lowest BCUT2D eigenvalue weighted by molar-refractivity contribution is 0.346. The predicted molar refractivity (Wildman–Crippen MR) is 79.8 cm³/mol. The minimum atomic E-state index is -3.39. The summed E-state index contributed by atoms with van der Waals surface area (Å²) in [6.45, 7) is 6.87. The van der Waals surface area contributed by atoms with E-state index < -0.39 is 10.0 Å². The molecule has 4 nitrogen and oxygen atoms in total. The minimum Gasteiger partial charge on any atom is -0.496 e. The van der Waals surface area contributed by atoms with Gasteiger partial charge in [-0.15, -0.1) is 0 Å². The molecule has 1 fully saturated rings. The zero-order chi connectivity index (χ0) is 14.9. The lowest BCUT2D eigenvalue weighted by atomic mass is 10.1. The fraction of sp³-hybridized carbons (Fsp3) is 0.600. The molecule has 0 saturated carbocycles. The first-order valence-corrected chi connectivity index (χ1v) is 8.48. The average Bonchev–Trinajstić information content (AvgIpc) is 2.43. The molecular formula is C15H23NO3S. The second-order valence-corrected chi connectivity index (χ2v) is 7.31. The van der Waals surface area contributed by atoms with Crippen LogP contribution in [-0.4, -0.2) is 32.9 Å². The van der Waals surface area contributed by atoms with Crippen molar-refractivity contribution in [2.45, 2.75) is 44.9 Å². The van der Waals surface area contributed by atoms with Crippen LogP contribution in [0.5, 0.6) is 5.75 Å². The lowest BCUT2D eigenvalue weighted by Crippen LogP contribution is -2.36. The molecule has 0 unspecified atom stereocenters. The summed E-state index contributed by atoms with van der Waals surface area (Å²) in [5, 5.41) is 0. The Morgan fingerprint density at radius 3 is 2.20 bits per heavy atom. The Kier molecular flexibility index (Phi) is 4.39. The molecule has 0 aliphatic carbocycles. The van der Waals surface area contributed by atoms with Crippen molar-refractivity contribution in [1.82, 2.24) is 4.31 Å². The Morgan fingerprint density at radius 2 is 1.65 bits per heavy atom. The summed E-state index contributed by atoms with van der Waals surface area (Å²) >= 11 is 0. The van der Waals surface area contributed by atoms with Crippen molar-refractivity contribution in [3.8, 4) is 5.75 Å². The van der Waals surface area contributed by atoms with Crippen LogP contribution in [0.3, 0.4) is 0 Å². The van der Waals surface area contributed by atoms with Crippen LogP contribution in [0, 0.1) is 20.8 Å². The van der Waals surface area contributed by atoms with Gasteiger partial charge in [0.2, 0.25) is 10.0 Å². The van der Waals surface area contributed by atoms with Crippen LogP contribution in [0.2, 0.25) is 0 Å². The van der Waals surface area contributed by atoms with E-state index in [-0.39, 0.29) is 0 Å². The molecule has 1 aliphatic heterocycles. The summed E-state index contributed by atoms with van der Waals surface area (Å²) in [6, 6.07) is 1.82. The quantitative estimate of drug-likeness (QED) is 0.862. The van der Waals surface area contributed by atoms with Crippen LogP contribution in [0.4, 0.5) is 0 Å². The normalized spacial score (nSPS) is 17.2. The zero-order valence-electron chi connectivity index (χ0n) is 12.7. The van der Waals surface area contributed by atoms with E-state index in [1.54, 1.807) is 11.4 Å². The molecule has 0 spiro atoms. The summed E-state index contributed by atoms with van der Waals surface area (Å²) in [7, 11) is -1.78. The highest BCUT2D eigenvalue weighted by atomic mass is 32.2. The van der Waals surface area contributed by atoms with Crippen molar-refractivity contribution in [2.75, 3.05) is 20.2 Å². The van der Waals surface area contributed by atoms with Gasteiger partial charge in [0, 0.05) is 13.1 Å². The van der Waals surface area contributed by atoms with Gasteiger partial charge < -0.3 is 4.74 Å². The molecule has 1 heterocycles. The maximum absolute atomic E-state index is 12.9. The van der Waals surface area contributed by atoms with Crippen LogP contribution in [0.25, 0.3) is 0 Å². The highest BCUT2D eigenvalue weighted by Gasteiger charge is 2.30. The van der Waals surface area contributed by atoms with Gasteiger partial charge in [0.15, 0.2) is 0 Å². The van der Waals surface area contributed by atoms with Crippen molar-refractivity contribution in [3.63, 3.8) is 0 Å². The third kappa shape index (κ3) is 2.56. The first-order chi connectivity index (χ1) is 9.39. The molecule has 5 heteroatoms. The Morgan fingerprint density at radius 1 is 1.05 bits per heavy atom. The molecule has 1 aliphatic rings. The van der Waals surface area contributed by atoms with Gasteiger partial charge >= 0.3 is 0 Å². The third-order valence-electron chi connectivity index (χ3n) is 4.11. The highest BCUT2D eigenvalue weighted by Crippen LogP contribution is 2.33. The molecule has 0 atom stereocenters. The van der Waals surface area contributed by atoms with Gasteiger partial charge in [0.25, 0.3) is 0 Å². The van der Waals surface area contributed by atoms with Gasteiger partial charge in [-0.25, -0.2) is 8.42 Å². The standard InChI is InChI=1S/C15H23NO3S/c1-11-10-14(19-4)12(2)13(3)15(11)20(17,18)16-8-6-5-7-9-16/h10H,5-9H2,1-4H3. The second kappa shape index (κ2) is 5.74. The van der Waals surface area contributed by atoms with Crippen molar-refractivity contribution in [3.05, 3.63) is 22.8 Å². The third-order valence-corrected chi connectivity index (χ3v) is 6.30. The smallest absolute Gasteiger partial charge is 0.243 e. The largest absolute Gasteiger partial charge is 0.496 e. The van der Waals surface area contributed by atoms with Gasteiger partial charge in [-0.2, -0.15) is 4.31 Å². The van der Waals surface area contributed by atoms with E-state index in [1.807, 2.05) is 26.8 Å². The Balaban J connectivity index is 2.54. The number of sulfonamides is 1. The van der Waals surface area contributed by atoms with Crippen LogP contribution in [0.15, 0.2) is 11.0 Å². The molecule has 1 aromatic carbocycles. The number of piperidine rings is 1. The van der Waals surface area contributed by atoms with E-state index in [0.717, 1.165) is 41.7 Å². The molecule has 0 aromatic heterocycles. The van der Waals surface area contributed by atoms with Crippen LogP contribution in [-0.2, 0) is 10.0 Å². The SMILES string of the molecule is COc1cc(C)c(S(=O)(=O)N2CCCCC2)c(C)c1C. The number of nitrogens with zero attached hydrogens (tertiary/aromatic N) is 1. The van der Waals surface area contributed by atoms with E-state index in [9.17, 15) is 8.42 Å². The number of hydrogen-bond donors (Lipinski definition) is 0. The van der Waals surface area contributed by atoms with Gasteiger partial charge in [-0.3, -0.25) is 0 Å². The second-order valence-electron chi connectivity index (χ2n) is 5.44. The van der Waals surface area contributed by atoms with Gasteiger partial charge in [-0.1, -0.05) is 6.42 Å². The first-order valence-electron chi connectivity index (χ1n) is 7.04. The van der Waals surface area contributed by atoms with E-state index >= 15 is 0 Å². The Hall–Kier alpha value is -1.07. The molecule has 2 rings (SSSR count). The van der Waals surface area contributed by atoms with E-state index in [2.05, 4.69) is 0 Å². The number of aryl methyl sites for hydroxylation is 1. The first kappa shape index (κ1) is 15.3. The van der Waals surface area contributed by atoms with Gasteiger partial charge in [0.1, 0.15) is 5.75 Å². The fourth-order valence-electron chi connectivity index (χ4n) is 2.86. The maximum atomic E-state index is 12.9. The molecule has 1 saturated heterocycles. The van der Waals surface area contributed by atoms with Crippen molar-refractivity contribution >= 4 is 10.0 Å². The average molecular weight is 297 g/mol. The maximum Gasteiger partial charge on any atom is 0.243 e. The molecule has 20 heavy (non-hydrogen) atoms. The zero-order valence-corrected chi connectivity index (χ0v) is 13.5. The van der Waals surface area contributed by atoms with E-state index in [4.69, 9.17) is 4.74 Å². The lowest BCUT2D eigenvalue weighted by Gasteiger charge is -2.28. The summed E-state index contributed by atoms with van der Waals surface area (Å²) in [4.78, 5) is 0.456. The summed E-state index contributed by atoms with van der Waals surface area (Å²) < 4.78 is 32.7. The number of hydrogen-bond acceptors (Lipinski definition) is 3. The molecule has 1 aromatic rings. The molecule has 0 N–H and O–H groups in total. The van der Waals surface area contributed by atoms with Crippen molar-refractivity contribution in [1.29, 1.82) is 0 Å². The number of rotatable bonds is 3. The summed E-state index contributed by atoms with van der Waals surface area (Å²) in [5.41, 5.74) is 2.46. The fourth-order valence-corrected chi connectivity index (χ4v) is 4.87. The molecule has 0 amide bonds. The van der Waals surface area contributed by atoms with Crippen LogP contribution >= 0.6 is 0 Å². The molecule has 112 valence electrons. The molecule has 0 radical (unpaired) electrons. The summed E-state index contributed by atoms with van der Waals surface area (Å²) in [5.74, 6) is 0.748.